The lowest BCUT2D eigenvalue weighted by molar-refractivity contribution is -0.898. The van der Waals surface area contributed by atoms with E-state index in [2.05, 4.69) is 11.8 Å². The van der Waals surface area contributed by atoms with Gasteiger partial charge >= 0.3 is 0 Å². The van der Waals surface area contributed by atoms with Gasteiger partial charge in [0.1, 0.15) is 10.6 Å². The second kappa shape index (κ2) is 7.95. The zero-order chi connectivity index (χ0) is 19.8. The fourth-order valence-electron chi connectivity index (χ4n) is 4.72. The van der Waals surface area contributed by atoms with Crippen LogP contribution in [0.5, 0.6) is 0 Å². The van der Waals surface area contributed by atoms with Crippen LogP contribution in [0, 0.1) is 0 Å². The molecule has 0 bridgehead atoms. The Labute approximate surface area is 174 Å². The lowest BCUT2D eigenvalue weighted by Gasteiger charge is -2.33. The van der Waals surface area contributed by atoms with Gasteiger partial charge in [-0.05, 0) is 50.3 Å². The number of hydrogen-bond acceptors (Lipinski definition) is 5. The molecule has 0 aromatic carbocycles. The van der Waals surface area contributed by atoms with Gasteiger partial charge in [-0.25, -0.2) is 4.98 Å². The molecular weight excluding hydrogens is 384 g/mol. The van der Waals surface area contributed by atoms with Crippen LogP contribution >= 0.6 is 11.3 Å². The number of anilines is 1. The summed E-state index contributed by atoms with van der Waals surface area (Å²) in [4.78, 5) is 25.0. The van der Waals surface area contributed by atoms with E-state index in [-0.39, 0.29) is 5.56 Å². The van der Waals surface area contributed by atoms with Crippen LogP contribution in [0.15, 0.2) is 27.6 Å². The number of quaternary nitrogens is 1. The second-order valence-corrected chi connectivity index (χ2v) is 9.30. The zero-order valence-corrected chi connectivity index (χ0v) is 17.9. The number of piperazine rings is 1. The van der Waals surface area contributed by atoms with Crippen molar-refractivity contribution in [3.05, 3.63) is 45.0 Å². The number of nitrogens with zero attached hydrogens (tertiary/aromatic N) is 3. The maximum atomic E-state index is 13.7. The summed E-state index contributed by atoms with van der Waals surface area (Å²) in [5, 5.41) is 0.861. The van der Waals surface area contributed by atoms with Gasteiger partial charge in [-0.1, -0.05) is 6.42 Å². The molecule has 1 aliphatic heterocycles. The Morgan fingerprint density at radius 3 is 2.79 bits per heavy atom. The molecule has 0 atom stereocenters. The molecule has 7 heteroatoms. The van der Waals surface area contributed by atoms with Gasteiger partial charge in [0.15, 0.2) is 0 Å². The highest BCUT2D eigenvalue weighted by atomic mass is 32.1. The predicted octanol–water partition coefficient (Wildman–Crippen LogP) is 2.09. The molecule has 2 aliphatic rings. The van der Waals surface area contributed by atoms with E-state index in [0.717, 1.165) is 67.5 Å². The Balaban J connectivity index is 1.63. The van der Waals surface area contributed by atoms with Gasteiger partial charge < -0.3 is 14.2 Å². The summed E-state index contributed by atoms with van der Waals surface area (Å²) in [5.41, 5.74) is 1.37. The van der Waals surface area contributed by atoms with Crippen molar-refractivity contribution in [1.29, 1.82) is 0 Å². The number of aryl methyl sites for hydroxylation is 2. The van der Waals surface area contributed by atoms with Crippen LogP contribution in [0.2, 0.25) is 0 Å². The standard InChI is InChI=1S/C22H28N4O2S/c1-2-24-10-12-25(13-11-24)22-23-20-19(17-8-4-3-5-9-18(17)29-20)21(27)26(22)15-16-7-6-14-28-16/h6-7,14H,2-5,8-13,15H2,1H3/p+1. The monoisotopic (exact) mass is 413 g/mol. The van der Waals surface area contributed by atoms with Crippen molar-refractivity contribution in [2.75, 3.05) is 37.6 Å². The smallest absolute Gasteiger partial charge is 0.264 e. The third kappa shape index (κ3) is 3.51. The highest BCUT2D eigenvalue weighted by molar-refractivity contribution is 7.18. The van der Waals surface area contributed by atoms with Gasteiger partial charge in [0.2, 0.25) is 5.95 Å². The Morgan fingerprint density at radius 1 is 1.21 bits per heavy atom. The van der Waals surface area contributed by atoms with Crippen LogP contribution in [0.1, 0.15) is 42.4 Å². The molecule has 29 heavy (non-hydrogen) atoms. The van der Waals surface area contributed by atoms with Crippen molar-refractivity contribution in [3.8, 4) is 0 Å². The average molecular weight is 414 g/mol. The lowest BCUT2D eigenvalue weighted by atomic mass is 10.1. The molecule has 0 unspecified atom stereocenters. The molecule has 0 spiro atoms. The van der Waals surface area contributed by atoms with Crippen LogP contribution in [-0.4, -0.2) is 42.3 Å². The number of furan rings is 1. The van der Waals surface area contributed by atoms with E-state index in [1.165, 1.54) is 29.7 Å². The minimum atomic E-state index is 0.103. The molecule has 1 aliphatic carbocycles. The normalized spacial score (nSPS) is 18.2. The molecule has 1 fully saturated rings. The van der Waals surface area contributed by atoms with Gasteiger partial charge in [-0.15, -0.1) is 11.3 Å². The highest BCUT2D eigenvalue weighted by Crippen LogP contribution is 2.34. The van der Waals surface area contributed by atoms with E-state index in [4.69, 9.17) is 9.40 Å². The van der Waals surface area contributed by atoms with E-state index < -0.39 is 0 Å². The first kappa shape index (κ1) is 18.9. The van der Waals surface area contributed by atoms with Gasteiger partial charge in [-0.2, -0.15) is 0 Å². The molecule has 154 valence electrons. The first-order valence-electron chi connectivity index (χ1n) is 10.9. The van der Waals surface area contributed by atoms with Crippen LogP contribution in [0.25, 0.3) is 10.2 Å². The van der Waals surface area contributed by atoms with Crippen molar-refractivity contribution in [2.24, 2.45) is 0 Å². The largest absolute Gasteiger partial charge is 0.467 e. The van der Waals surface area contributed by atoms with Crippen molar-refractivity contribution >= 4 is 27.5 Å². The quantitative estimate of drug-likeness (QED) is 0.666. The molecule has 1 N–H and O–H groups in total. The molecule has 0 amide bonds. The number of fused-ring (bicyclic) bond motifs is 3. The van der Waals surface area contributed by atoms with E-state index in [9.17, 15) is 4.79 Å². The summed E-state index contributed by atoms with van der Waals surface area (Å²) in [7, 11) is 0. The third-order valence-electron chi connectivity index (χ3n) is 6.45. The molecular formula is C22H29N4O2S+. The van der Waals surface area contributed by atoms with Crippen molar-refractivity contribution < 1.29 is 9.32 Å². The van der Waals surface area contributed by atoms with Gasteiger partial charge in [0.05, 0.1) is 50.9 Å². The van der Waals surface area contributed by atoms with E-state index >= 15 is 0 Å². The summed E-state index contributed by atoms with van der Waals surface area (Å²) in [6.45, 7) is 7.88. The first-order valence-corrected chi connectivity index (χ1v) is 11.7. The van der Waals surface area contributed by atoms with Gasteiger partial charge in [-0.3, -0.25) is 9.36 Å². The van der Waals surface area contributed by atoms with E-state index in [1.807, 2.05) is 16.7 Å². The molecule has 3 aromatic rings. The molecule has 6 nitrogen and oxygen atoms in total. The SMILES string of the molecule is CC[NH+]1CCN(c2nc3sc4c(c3c(=O)n2Cc2ccco2)CCCCC4)CC1. The zero-order valence-electron chi connectivity index (χ0n) is 17.1. The summed E-state index contributed by atoms with van der Waals surface area (Å²) in [6, 6.07) is 3.82. The maximum absolute atomic E-state index is 13.7. The second-order valence-electron chi connectivity index (χ2n) is 8.22. The number of rotatable bonds is 4. The number of nitrogens with one attached hydrogen (secondary N) is 1. The minimum absolute atomic E-state index is 0.103. The molecule has 4 heterocycles. The predicted molar refractivity (Wildman–Crippen MR) is 116 cm³/mol. The van der Waals surface area contributed by atoms with Crippen LogP contribution in [-0.2, 0) is 19.4 Å². The van der Waals surface area contributed by atoms with Gasteiger partial charge in [0.25, 0.3) is 5.56 Å². The number of aromatic nitrogens is 2. The maximum Gasteiger partial charge on any atom is 0.264 e. The van der Waals surface area contributed by atoms with E-state index in [0.29, 0.717) is 6.54 Å². The molecule has 3 aromatic heterocycles. The fraction of sp³-hybridized carbons (Fsp3) is 0.545. The summed E-state index contributed by atoms with van der Waals surface area (Å²) in [6.07, 6.45) is 7.40. The molecule has 5 rings (SSSR count). The average Bonchev–Trinajstić information content (AvgIpc) is 3.32. The Kier molecular flexibility index (Phi) is 5.18. The van der Waals surface area contributed by atoms with Crippen LogP contribution in [0.4, 0.5) is 5.95 Å². The summed E-state index contributed by atoms with van der Waals surface area (Å²) >= 11 is 1.75. The van der Waals surface area contributed by atoms with Crippen molar-refractivity contribution in [1.82, 2.24) is 9.55 Å². The number of thiophene rings is 1. The molecule has 0 saturated carbocycles. The third-order valence-corrected chi connectivity index (χ3v) is 7.64. The minimum Gasteiger partial charge on any atom is -0.467 e. The van der Waals surface area contributed by atoms with Crippen molar-refractivity contribution in [2.45, 2.75) is 45.6 Å². The molecule has 1 saturated heterocycles. The summed E-state index contributed by atoms with van der Waals surface area (Å²) < 4.78 is 7.45. The Bertz CT molecular complexity index is 1050. The van der Waals surface area contributed by atoms with E-state index in [1.54, 1.807) is 22.5 Å². The number of likely N-dealkylation sites (N-methyl/N-ethyl adjacent to an activating group) is 1. The van der Waals surface area contributed by atoms with Crippen molar-refractivity contribution in [3.63, 3.8) is 0 Å². The van der Waals surface area contributed by atoms with Gasteiger partial charge in [0, 0.05) is 4.88 Å². The van der Waals surface area contributed by atoms with Crippen LogP contribution < -0.4 is 15.4 Å². The summed E-state index contributed by atoms with van der Waals surface area (Å²) in [5.74, 6) is 1.61. The fourth-order valence-corrected chi connectivity index (χ4v) is 5.97. The highest BCUT2D eigenvalue weighted by Gasteiger charge is 2.26. The first-order chi connectivity index (χ1) is 14.2. The number of hydrogen-bond donors (Lipinski definition) is 1. The topological polar surface area (TPSA) is 55.7 Å². The Morgan fingerprint density at radius 2 is 2.03 bits per heavy atom. The lowest BCUT2D eigenvalue weighted by Crippen LogP contribution is -3.14. The molecule has 0 radical (unpaired) electrons. The van der Waals surface area contributed by atoms with Crippen LogP contribution in [0.3, 0.4) is 0 Å². The Hall–Kier alpha value is -2.12.